The Balaban J connectivity index is 1.56. The zero-order valence-corrected chi connectivity index (χ0v) is 21.4. The van der Waals surface area contributed by atoms with Gasteiger partial charge in [0.25, 0.3) is 5.91 Å². The van der Waals surface area contributed by atoms with Crippen LogP contribution in [0.2, 0.25) is 0 Å². The molecule has 1 amide bonds. The molecule has 1 unspecified atom stereocenters. The standard InChI is InChI=1S/C28H36N4O3/c1-19-16-21(13-12-20(19)14-15-25(33)35-28(2,3)4)27(34)32-18-22-17-29-31(5)26(22)30-23-10-8-6-7-9-11-24(23)32/h6-7,10,12-13,16-17,24,30H,8-9,11,14-15,18H2,1-5H3/b7-6-,23-10+. The molecule has 0 bridgehead atoms. The average Bonchev–Trinajstić information content (AvgIpc) is 3.02. The van der Waals surface area contributed by atoms with Crippen LogP contribution in [0.3, 0.4) is 0 Å². The Bertz CT molecular complexity index is 1170. The van der Waals surface area contributed by atoms with E-state index in [1.54, 1.807) is 0 Å². The first kappa shape index (κ1) is 24.8. The van der Waals surface area contributed by atoms with Gasteiger partial charge in [-0.25, -0.2) is 0 Å². The van der Waals surface area contributed by atoms with E-state index in [0.717, 1.165) is 47.5 Å². The Morgan fingerprint density at radius 1 is 1.23 bits per heavy atom. The van der Waals surface area contributed by atoms with E-state index in [0.29, 0.717) is 24.9 Å². The summed E-state index contributed by atoms with van der Waals surface area (Å²) in [6.07, 6.45) is 11.9. The number of esters is 1. The highest BCUT2D eigenvalue weighted by Gasteiger charge is 2.33. The summed E-state index contributed by atoms with van der Waals surface area (Å²) in [4.78, 5) is 28.0. The lowest BCUT2D eigenvalue weighted by atomic mass is 9.98. The number of fused-ring (bicyclic) bond motifs is 2. The molecule has 1 aliphatic heterocycles. The fraction of sp³-hybridized carbons (Fsp3) is 0.464. The fourth-order valence-corrected chi connectivity index (χ4v) is 4.72. The lowest BCUT2D eigenvalue weighted by Crippen LogP contribution is -2.41. The van der Waals surface area contributed by atoms with Gasteiger partial charge in [-0.15, -0.1) is 0 Å². The molecule has 1 N–H and O–H groups in total. The molecule has 0 radical (unpaired) electrons. The predicted molar refractivity (Wildman–Crippen MR) is 137 cm³/mol. The number of hydrogen-bond donors (Lipinski definition) is 1. The molecule has 2 aliphatic rings. The van der Waals surface area contributed by atoms with Crippen molar-refractivity contribution < 1.29 is 14.3 Å². The first-order chi connectivity index (χ1) is 16.6. The number of allylic oxidation sites excluding steroid dienone is 3. The highest BCUT2D eigenvalue weighted by molar-refractivity contribution is 5.95. The van der Waals surface area contributed by atoms with Gasteiger partial charge >= 0.3 is 5.97 Å². The number of aromatic nitrogens is 2. The van der Waals surface area contributed by atoms with Crippen LogP contribution in [0.5, 0.6) is 0 Å². The second-order valence-corrected chi connectivity index (χ2v) is 10.4. The molecular weight excluding hydrogens is 440 g/mol. The molecule has 0 saturated heterocycles. The fourth-order valence-electron chi connectivity index (χ4n) is 4.72. The minimum Gasteiger partial charge on any atom is -0.460 e. The summed E-state index contributed by atoms with van der Waals surface area (Å²) < 4.78 is 7.26. The summed E-state index contributed by atoms with van der Waals surface area (Å²) in [6, 6.07) is 5.76. The molecular formula is C28H36N4O3. The highest BCUT2D eigenvalue weighted by atomic mass is 16.6. The van der Waals surface area contributed by atoms with Crippen molar-refractivity contribution in [2.24, 2.45) is 7.05 Å². The van der Waals surface area contributed by atoms with Crippen LogP contribution in [0, 0.1) is 6.92 Å². The van der Waals surface area contributed by atoms with E-state index in [-0.39, 0.29) is 17.9 Å². The van der Waals surface area contributed by atoms with Gasteiger partial charge in [0.15, 0.2) is 0 Å². The molecule has 1 aromatic carbocycles. The summed E-state index contributed by atoms with van der Waals surface area (Å²) in [5, 5.41) is 7.97. The van der Waals surface area contributed by atoms with Crippen LogP contribution in [-0.2, 0) is 29.5 Å². The number of nitrogens with zero attached hydrogens (tertiary/aromatic N) is 3. The van der Waals surface area contributed by atoms with Crippen LogP contribution >= 0.6 is 0 Å². The quantitative estimate of drug-likeness (QED) is 0.493. The number of hydrogen-bond acceptors (Lipinski definition) is 5. The first-order valence-electron chi connectivity index (χ1n) is 12.4. The maximum Gasteiger partial charge on any atom is 0.306 e. The molecule has 4 rings (SSSR count). The Labute approximate surface area is 207 Å². The van der Waals surface area contributed by atoms with Crippen molar-refractivity contribution >= 4 is 17.7 Å². The van der Waals surface area contributed by atoms with Crippen LogP contribution in [0.15, 0.2) is 48.3 Å². The van der Waals surface area contributed by atoms with Crippen molar-refractivity contribution in [1.29, 1.82) is 0 Å². The number of aryl methyl sites for hydroxylation is 3. The zero-order chi connectivity index (χ0) is 25.2. The maximum atomic E-state index is 13.9. The number of ether oxygens (including phenoxy) is 1. The first-order valence-corrected chi connectivity index (χ1v) is 12.4. The number of benzene rings is 1. The van der Waals surface area contributed by atoms with Gasteiger partial charge in [-0.3, -0.25) is 14.3 Å². The van der Waals surface area contributed by atoms with E-state index in [2.05, 4.69) is 28.6 Å². The summed E-state index contributed by atoms with van der Waals surface area (Å²) in [5.41, 5.74) is 4.29. The number of anilines is 1. The highest BCUT2D eigenvalue weighted by Crippen LogP contribution is 2.31. The molecule has 7 nitrogen and oxygen atoms in total. The molecule has 7 heteroatoms. The molecule has 186 valence electrons. The molecule has 2 heterocycles. The van der Waals surface area contributed by atoms with Gasteiger partial charge in [-0.05, 0) is 76.6 Å². The van der Waals surface area contributed by atoms with Gasteiger partial charge in [0.05, 0.1) is 18.8 Å². The monoisotopic (exact) mass is 476 g/mol. The van der Waals surface area contributed by atoms with Crippen molar-refractivity contribution in [3.05, 3.63) is 70.6 Å². The van der Waals surface area contributed by atoms with Crippen molar-refractivity contribution in [3.8, 4) is 0 Å². The largest absolute Gasteiger partial charge is 0.460 e. The van der Waals surface area contributed by atoms with Crippen LogP contribution in [0.25, 0.3) is 0 Å². The van der Waals surface area contributed by atoms with Gasteiger partial charge in [-0.2, -0.15) is 5.10 Å². The third kappa shape index (κ3) is 5.84. The molecule has 0 spiro atoms. The molecule has 1 aromatic heterocycles. The van der Waals surface area contributed by atoms with E-state index in [9.17, 15) is 9.59 Å². The molecule has 1 atom stereocenters. The van der Waals surface area contributed by atoms with Crippen molar-refractivity contribution in [3.63, 3.8) is 0 Å². The van der Waals surface area contributed by atoms with Gasteiger partial charge in [0, 0.05) is 30.3 Å². The molecule has 0 saturated carbocycles. The van der Waals surface area contributed by atoms with Gasteiger partial charge < -0.3 is 15.0 Å². The number of nitrogens with one attached hydrogen (secondary N) is 1. The van der Waals surface area contributed by atoms with Crippen molar-refractivity contribution in [2.45, 2.75) is 78.0 Å². The number of amides is 1. The smallest absolute Gasteiger partial charge is 0.306 e. The SMILES string of the molecule is Cc1cc(C(=O)N2Cc3cnn(C)c3N/C3=C/C/C=C\CCC32)ccc1CCC(=O)OC(C)(C)C. The van der Waals surface area contributed by atoms with E-state index < -0.39 is 5.60 Å². The van der Waals surface area contributed by atoms with Crippen molar-refractivity contribution in [1.82, 2.24) is 14.7 Å². The molecule has 1 aliphatic carbocycles. The second kappa shape index (κ2) is 10.1. The predicted octanol–water partition coefficient (Wildman–Crippen LogP) is 5.06. The number of rotatable bonds is 4. The molecule has 2 aromatic rings. The Kier molecular flexibility index (Phi) is 7.15. The lowest BCUT2D eigenvalue weighted by Gasteiger charge is -2.32. The third-order valence-electron chi connectivity index (χ3n) is 6.47. The summed E-state index contributed by atoms with van der Waals surface area (Å²) in [7, 11) is 1.92. The Hall–Kier alpha value is -3.35. The van der Waals surface area contributed by atoms with Gasteiger partial charge in [0.1, 0.15) is 11.4 Å². The average molecular weight is 477 g/mol. The summed E-state index contributed by atoms with van der Waals surface area (Å²) >= 11 is 0. The molecule has 35 heavy (non-hydrogen) atoms. The Morgan fingerprint density at radius 2 is 2.03 bits per heavy atom. The maximum absolute atomic E-state index is 13.9. The number of carbonyl (C=O) groups excluding carboxylic acids is 2. The minimum atomic E-state index is -0.487. The normalized spacial score (nSPS) is 20.2. The third-order valence-corrected chi connectivity index (χ3v) is 6.47. The van der Waals surface area contributed by atoms with Crippen molar-refractivity contribution in [2.75, 3.05) is 5.32 Å². The van der Waals surface area contributed by atoms with Crippen LogP contribution in [-0.4, -0.2) is 38.2 Å². The Morgan fingerprint density at radius 3 is 2.77 bits per heavy atom. The van der Waals surface area contributed by atoms with E-state index in [4.69, 9.17) is 4.74 Å². The molecule has 0 fully saturated rings. The van der Waals surface area contributed by atoms with Crippen LogP contribution in [0.4, 0.5) is 5.82 Å². The summed E-state index contributed by atoms with van der Waals surface area (Å²) in [6.45, 7) is 8.11. The van der Waals surface area contributed by atoms with Crippen LogP contribution in [0.1, 0.15) is 73.5 Å². The van der Waals surface area contributed by atoms with Gasteiger partial charge in [0.2, 0.25) is 0 Å². The second-order valence-electron chi connectivity index (χ2n) is 10.4. The number of carbonyl (C=O) groups is 2. The topological polar surface area (TPSA) is 76.5 Å². The summed E-state index contributed by atoms with van der Waals surface area (Å²) in [5.74, 6) is 0.736. The van der Waals surface area contributed by atoms with Crippen LogP contribution < -0.4 is 5.32 Å². The lowest BCUT2D eigenvalue weighted by molar-refractivity contribution is -0.154. The van der Waals surface area contributed by atoms with Gasteiger partial charge in [-0.1, -0.05) is 24.3 Å². The van der Waals surface area contributed by atoms with E-state index in [1.807, 2.05) is 68.7 Å². The van der Waals surface area contributed by atoms with E-state index in [1.165, 1.54) is 0 Å². The van der Waals surface area contributed by atoms with E-state index >= 15 is 0 Å². The minimum absolute atomic E-state index is 0.00532. The zero-order valence-electron chi connectivity index (χ0n) is 21.4.